The molecule has 2 aromatic carbocycles. The number of benzene rings is 2. The summed E-state index contributed by atoms with van der Waals surface area (Å²) in [5.74, 6) is 0.240. The monoisotopic (exact) mass is 442 g/mol. The van der Waals surface area contributed by atoms with E-state index in [0.717, 1.165) is 11.1 Å². The maximum atomic E-state index is 13.5. The predicted molar refractivity (Wildman–Crippen MR) is 121 cm³/mol. The van der Waals surface area contributed by atoms with Gasteiger partial charge in [0, 0.05) is 30.1 Å². The zero-order chi connectivity index (χ0) is 22.9. The van der Waals surface area contributed by atoms with Crippen LogP contribution < -0.4 is 4.74 Å². The van der Waals surface area contributed by atoms with Crippen LogP contribution in [0.2, 0.25) is 0 Å². The molecule has 0 fully saturated rings. The molecule has 2 aromatic heterocycles. The third kappa shape index (κ3) is 3.55. The van der Waals surface area contributed by atoms with Gasteiger partial charge in [-0.15, -0.1) is 0 Å². The second kappa shape index (κ2) is 8.31. The van der Waals surface area contributed by atoms with E-state index in [-0.39, 0.29) is 17.4 Å². The number of carbonyl (C=O) groups excluding carboxylic acids is 1. The van der Waals surface area contributed by atoms with Crippen LogP contribution in [0.1, 0.15) is 40.1 Å². The number of fused-ring (bicyclic) bond motifs is 1. The first kappa shape index (κ1) is 20.6. The summed E-state index contributed by atoms with van der Waals surface area (Å²) in [5.41, 5.74) is 3.76. The van der Waals surface area contributed by atoms with Crippen molar-refractivity contribution in [2.75, 3.05) is 6.61 Å². The number of aromatic nitrogens is 3. The van der Waals surface area contributed by atoms with E-state index in [1.807, 2.05) is 25.1 Å². The van der Waals surface area contributed by atoms with Crippen LogP contribution in [-0.2, 0) is 6.54 Å². The lowest BCUT2D eigenvalue weighted by molar-refractivity contribution is 0.0729. The summed E-state index contributed by atoms with van der Waals surface area (Å²) >= 11 is 0. The molecule has 8 nitrogen and oxygen atoms in total. The summed E-state index contributed by atoms with van der Waals surface area (Å²) in [6, 6.07) is 15.2. The number of nitrogens with zero attached hydrogens (tertiary/aromatic N) is 3. The number of ether oxygens (including phenoxy) is 1. The van der Waals surface area contributed by atoms with Crippen LogP contribution in [0.25, 0.3) is 11.3 Å². The Morgan fingerprint density at radius 3 is 2.61 bits per heavy atom. The first-order chi connectivity index (χ1) is 16.1. The standard InChI is InChI=1S/C25H22N4O4/c1-2-33-20-13-16(7-8-19(20)31)24-21-22(17-5-3-4-6-18(17)30)27-28-23(21)25(32)29(24)14-15-9-11-26-12-10-15/h3-13,24,30-31H,2,14H2,1H3,(H,27,28)/t24-/m1/s1. The first-order valence-electron chi connectivity index (χ1n) is 10.6. The minimum absolute atomic E-state index is 0.0268. The molecular formula is C25H22N4O4. The first-order valence-corrected chi connectivity index (χ1v) is 10.6. The average molecular weight is 442 g/mol. The molecule has 1 amide bonds. The van der Waals surface area contributed by atoms with Gasteiger partial charge in [-0.3, -0.25) is 14.9 Å². The van der Waals surface area contributed by atoms with E-state index in [1.165, 1.54) is 0 Å². The lowest BCUT2D eigenvalue weighted by Crippen LogP contribution is -2.29. The molecule has 1 aliphatic heterocycles. The Hall–Kier alpha value is -4.33. The maximum absolute atomic E-state index is 13.5. The molecule has 0 saturated heterocycles. The summed E-state index contributed by atoms with van der Waals surface area (Å²) in [4.78, 5) is 19.3. The van der Waals surface area contributed by atoms with Crippen LogP contribution in [-0.4, -0.2) is 42.8 Å². The number of aromatic amines is 1. The van der Waals surface area contributed by atoms with Gasteiger partial charge in [-0.2, -0.15) is 5.10 Å². The van der Waals surface area contributed by atoms with Crippen molar-refractivity contribution in [3.8, 4) is 28.5 Å². The van der Waals surface area contributed by atoms with Crippen LogP contribution in [0.5, 0.6) is 17.2 Å². The van der Waals surface area contributed by atoms with Crippen molar-refractivity contribution in [3.63, 3.8) is 0 Å². The van der Waals surface area contributed by atoms with Gasteiger partial charge < -0.3 is 19.8 Å². The van der Waals surface area contributed by atoms with E-state index in [9.17, 15) is 15.0 Å². The molecule has 5 rings (SSSR count). The second-order valence-electron chi connectivity index (χ2n) is 7.73. The van der Waals surface area contributed by atoms with Gasteiger partial charge in [0.2, 0.25) is 0 Å². The molecule has 1 atom stereocenters. The Morgan fingerprint density at radius 1 is 1.06 bits per heavy atom. The van der Waals surface area contributed by atoms with Gasteiger partial charge in [0.25, 0.3) is 5.91 Å². The number of carbonyl (C=O) groups is 1. The van der Waals surface area contributed by atoms with Crippen molar-refractivity contribution in [1.29, 1.82) is 0 Å². The molecular weight excluding hydrogens is 420 g/mol. The SMILES string of the molecule is CCOc1cc([C@@H]2c3c(-c4ccccc4O)n[nH]c3C(=O)N2Cc2ccncc2)ccc1O. The summed E-state index contributed by atoms with van der Waals surface area (Å²) in [6.45, 7) is 2.58. The number of rotatable bonds is 6. The number of amides is 1. The normalized spacial score (nSPS) is 15.0. The molecule has 33 heavy (non-hydrogen) atoms. The quantitative estimate of drug-likeness (QED) is 0.416. The molecule has 3 N–H and O–H groups in total. The highest BCUT2D eigenvalue weighted by Crippen LogP contribution is 2.46. The van der Waals surface area contributed by atoms with Crippen LogP contribution in [0, 0.1) is 0 Å². The lowest BCUT2D eigenvalue weighted by atomic mass is 9.95. The molecule has 0 spiro atoms. The van der Waals surface area contributed by atoms with Gasteiger partial charge in [-0.05, 0) is 54.4 Å². The van der Waals surface area contributed by atoms with E-state index in [4.69, 9.17) is 4.74 Å². The number of nitrogens with one attached hydrogen (secondary N) is 1. The number of H-pyrrole nitrogens is 1. The summed E-state index contributed by atoms with van der Waals surface area (Å²) in [6.07, 6.45) is 3.37. The van der Waals surface area contributed by atoms with Crippen LogP contribution >= 0.6 is 0 Å². The van der Waals surface area contributed by atoms with E-state index >= 15 is 0 Å². The van der Waals surface area contributed by atoms with Gasteiger partial charge in [0.15, 0.2) is 11.5 Å². The lowest BCUT2D eigenvalue weighted by Gasteiger charge is -2.27. The summed E-state index contributed by atoms with van der Waals surface area (Å²) < 4.78 is 5.60. The van der Waals surface area contributed by atoms with Crippen molar-refractivity contribution >= 4 is 5.91 Å². The largest absolute Gasteiger partial charge is 0.507 e. The van der Waals surface area contributed by atoms with Crippen molar-refractivity contribution in [3.05, 3.63) is 89.4 Å². The maximum Gasteiger partial charge on any atom is 0.273 e. The number of hydrogen-bond acceptors (Lipinski definition) is 6. The Labute approximate surface area is 190 Å². The third-order valence-corrected chi connectivity index (χ3v) is 5.72. The number of pyridine rings is 1. The zero-order valence-electron chi connectivity index (χ0n) is 17.9. The number of phenolic OH excluding ortho intramolecular Hbond substituents is 2. The molecule has 0 radical (unpaired) electrons. The van der Waals surface area contributed by atoms with Crippen LogP contribution in [0.15, 0.2) is 67.0 Å². The highest BCUT2D eigenvalue weighted by atomic mass is 16.5. The molecule has 8 heteroatoms. The topological polar surface area (TPSA) is 112 Å². The van der Waals surface area contributed by atoms with Gasteiger partial charge >= 0.3 is 0 Å². The minimum Gasteiger partial charge on any atom is -0.507 e. The van der Waals surface area contributed by atoms with Crippen molar-refractivity contribution in [2.24, 2.45) is 0 Å². The molecule has 3 heterocycles. The molecule has 166 valence electrons. The fourth-order valence-electron chi connectivity index (χ4n) is 4.24. The molecule has 0 saturated carbocycles. The van der Waals surface area contributed by atoms with E-state index < -0.39 is 6.04 Å². The molecule has 0 bridgehead atoms. The number of phenols is 2. The Morgan fingerprint density at radius 2 is 1.85 bits per heavy atom. The van der Waals surface area contributed by atoms with Gasteiger partial charge in [-0.1, -0.05) is 18.2 Å². The van der Waals surface area contributed by atoms with Crippen molar-refractivity contribution in [2.45, 2.75) is 19.5 Å². The number of hydrogen-bond donors (Lipinski definition) is 3. The Bertz CT molecular complexity index is 1320. The smallest absolute Gasteiger partial charge is 0.273 e. The minimum atomic E-state index is -0.506. The van der Waals surface area contributed by atoms with E-state index in [2.05, 4.69) is 15.2 Å². The number of aromatic hydroxyl groups is 2. The van der Waals surface area contributed by atoms with Crippen LogP contribution in [0.3, 0.4) is 0 Å². The Kier molecular flexibility index (Phi) is 5.18. The fourth-order valence-corrected chi connectivity index (χ4v) is 4.24. The van der Waals surface area contributed by atoms with E-state index in [0.29, 0.717) is 41.4 Å². The van der Waals surface area contributed by atoms with Gasteiger partial charge in [0.1, 0.15) is 17.1 Å². The van der Waals surface area contributed by atoms with Crippen LogP contribution in [0.4, 0.5) is 0 Å². The zero-order valence-corrected chi connectivity index (χ0v) is 17.9. The van der Waals surface area contributed by atoms with Crippen molar-refractivity contribution in [1.82, 2.24) is 20.1 Å². The predicted octanol–water partition coefficient (Wildman–Crippen LogP) is 4.03. The summed E-state index contributed by atoms with van der Waals surface area (Å²) in [7, 11) is 0. The summed E-state index contributed by atoms with van der Waals surface area (Å²) in [5, 5.41) is 28.0. The second-order valence-corrected chi connectivity index (χ2v) is 7.73. The molecule has 0 aliphatic carbocycles. The third-order valence-electron chi connectivity index (χ3n) is 5.72. The highest BCUT2D eigenvalue weighted by molar-refractivity contribution is 6.00. The molecule has 4 aromatic rings. The van der Waals surface area contributed by atoms with E-state index in [1.54, 1.807) is 53.7 Å². The Balaban J connectivity index is 1.68. The van der Waals surface area contributed by atoms with Crippen molar-refractivity contribution < 1.29 is 19.7 Å². The molecule has 0 unspecified atom stereocenters. The number of para-hydroxylation sites is 1. The fraction of sp³-hybridized carbons (Fsp3) is 0.160. The van der Waals surface area contributed by atoms with Gasteiger partial charge in [-0.25, -0.2) is 0 Å². The molecule has 1 aliphatic rings. The van der Waals surface area contributed by atoms with Gasteiger partial charge in [0.05, 0.1) is 12.6 Å². The highest BCUT2D eigenvalue weighted by Gasteiger charge is 2.42. The average Bonchev–Trinajstić information content (AvgIpc) is 3.36.